The molecule has 1 heterocycles. The summed E-state index contributed by atoms with van der Waals surface area (Å²) >= 11 is 0. The second-order valence-electron chi connectivity index (χ2n) is 5.08. The highest BCUT2D eigenvalue weighted by molar-refractivity contribution is 5.96. The molecular weight excluding hydrogens is 322 g/mol. The Morgan fingerprint density at radius 3 is 2.44 bits per heavy atom. The van der Waals surface area contributed by atoms with Gasteiger partial charge in [0.05, 0.1) is 31.9 Å². The van der Waals surface area contributed by atoms with Crippen LogP contribution in [-0.4, -0.2) is 30.3 Å². The number of ether oxygens (including phenoxy) is 2. The van der Waals surface area contributed by atoms with Crippen molar-refractivity contribution in [2.45, 2.75) is 6.54 Å². The highest BCUT2D eigenvalue weighted by atomic mass is 16.5. The van der Waals surface area contributed by atoms with E-state index in [9.17, 15) is 4.79 Å². The molecule has 0 aliphatic rings. The molecule has 1 aromatic heterocycles. The highest BCUT2D eigenvalue weighted by Crippen LogP contribution is 2.28. The fourth-order valence-corrected chi connectivity index (χ4v) is 2.34. The molecule has 3 rings (SSSR count). The lowest BCUT2D eigenvalue weighted by molar-refractivity contribution is 0.0944. The van der Waals surface area contributed by atoms with Gasteiger partial charge in [-0.15, -0.1) is 10.2 Å². The summed E-state index contributed by atoms with van der Waals surface area (Å²) < 4.78 is 16.1. The lowest BCUT2D eigenvalue weighted by Crippen LogP contribution is -2.23. The summed E-state index contributed by atoms with van der Waals surface area (Å²) in [4.78, 5) is 12.3. The van der Waals surface area contributed by atoms with E-state index in [0.29, 0.717) is 34.4 Å². The topological polar surface area (TPSA) is 86.5 Å². The molecule has 0 aliphatic heterocycles. The van der Waals surface area contributed by atoms with Crippen molar-refractivity contribution >= 4 is 5.91 Å². The number of aromatic nitrogens is 2. The number of benzene rings is 2. The summed E-state index contributed by atoms with van der Waals surface area (Å²) in [5.41, 5.74) is 1.13. The fraction of sp³-hybridized carbons (Fsp3) is 0.167. The van der Waals surface area contributed by atoms with Crippen LogP contribution in [-0.2, 0) is 6.54 Å². The Labute approximate surface area is 144 Å². The van der Waals surface area contributed by atoms with E-state index in [1.165, 1.54) is 7.11 Å². The van der Waals surface area contributed by atoms with Crippen LogP contribution >= 0.6 is 0 Å². The molecule has 0 saturated carbocycles. The fourth-order valence-electron chi connectivity index (χ4n) is 2.34. The Balaban J connectivity index is 1.71. The van der Waals surface area contributed by atoms with Crippen LogP contribution in [0.1, 0.15) is 16.2 Å². The number of rotatable bonds is 6. The molecule has 1 amide bonds. The minimum absolute atomic E-state index is 0.110. The molecule has 0 spiro atoms. The first kappa shape index (κ1) is 16.5. The van der Waals surface area contributed by atoms with Gasteiger partial charge in [-0.3, -0.25) is 4.79 Å². The van der Waals surface area contributed by atoms with Crippen LogP contribution < -0.4 is 14.8 Å². The summed E-state index contributed by atoms with van der Waals surface area (Å²) in [6.45, 7) is 0.110. The number of para-hydroxylation sites is 2. The van der Waals surface area contributed by atoms with E-state index >= 15 is 0 Å². The minimum atomic E-state index is -0.283. The Morgan fingerprint density at radius 2 is 1.68 bits per heavy atom. The number of hydrogen-bond acceptors (Lipinski definition) is 6. The monoisotopic (exact) mass is 339 g/mol. The molecule has 25 heavy (non-hydrogen) atoms. The van der Waals surface area contributed by atoms with Gasteiger partial charge in [0.2, 0.25) is 5.89 Å². The van der Waals surface area contributed by atoms with Gasteiger partial charge in [-0.2, -0.15) is 0 Å². The van der Waals surface area contributed by atoms with Crippen molar-refractivity contribution in [1.29, 1.82) is 0 Å². The molecular formula is C18H17N3O4. The summed E-state index contributed by atoms with van der Waals surface area (Å²) in [5.74, 6) is 1.48. The van der Waals surface area contributed by atoms with Crippen molar-refractivity contribution in [3.05, 3.63) is 60.0 Å². The first-order valence-corrected chi connectivity index (χ1v) is 7.60. The molecule has 0 bridgehead atoms. The van der Waals surface area contributed by atoms with Crippen molar-refractivity contribution < 1.29 is 18.7 Å². The molecule has 0 unspecified atom stereocenters. The van der Waals surface area contributed by atoms with Gasteiger partial charge in [-0.1, -0.05) is 24.3 Å². The minimum Gasteiger partial charge on any atom is -0.496 e. The van der Waals surface area contributed by atoms with Crippen molar-refractivity contribution in [1.82, 2.24) is 15.5 Å². The first-order valence-electron chi connectivity index (χ1n) is 7.60. The highest BCUT2D eigenvalue weighted by Gasteiger charge is 2.15. The summed E-state index contributed by atoms with van der Waals surface area (Å²) in [6.07, 6.45) is 0. The molecule has 0 saturated heterocycles. The van der Waals surface area contributed by atoms with Crippen LogP contribution in [0, 0.1) is 0 Å². The Morgan fingerprint density at radius 1 is 1.00 bits per heavy atom. The van der Waals surface area contributed by atoms with Gasteiger partial charge < -0.3 is 19.2 Å². The molecule has 0 aliphatic carbocycles. The van der Waals surface area contributed by atoms with E-state index in [2.05, 4.69) is 15.5 Å². The third-order valence-electron chi connectivity index (χ3n) is 3.56. The van der Waals surface area contributed by atoms with Crippen molar-refractivity contribution in [3.63, 3.8) is 0 Å². The van der Waals surface area contributed by atoms with Crippen LogP contribution in [0.2, 0.25) is 0 Å². The molecule has 0 atom stereocenters. The van der Waals surface area contributed by atoms with Crippen LogP contribution in [0.3, 0.4) is 0 Å². The summed E-state index contributed by atoms with van der Waals surface area (Å²) in [7, 11) is 3.09. The van der Waals surface area contributed by atoms with E-state index in [4.69, 9.17) is 13.9 Å². The van der Waals surface area contributed by atoms with Gasteiger partial charge in [0.15, 0.2) is 0 Å². The number of nitrogens with zero attached hydrogens (tertiary/aromatic N) is 2. The van der Waals surface area contributed by atoms with Gasteiger partial charge in [0, 0.05) is 0 Å². The lowest BCUT2D eigenvalue weighted by atomic mass is 10.2. The largest absolute Gasteiger partial charge is 0.496 e. The lowest BCUT2D eigenvalue weighted by Gasteiger charge is -2.07. The second kappa shape index (κ2) is 7.48. The maximum absolute atomic E-state index is 12.3. The maximum atomic E-state index is 12.3. The number of carbonyl (C=O) groups excluding carboxylic acids is 1. The van der Waals surface area contributed by atoms with E-state index in [0.717, 1.165) is 0 Å². The maximum Gasteiger partial charge on any atom is 0.255 e. The predicted molar refractivity (Wildman–Crippen MR) is 90.5 cm³/mol. The SMILES string of the molecule is COc1ccccc1C(=O)NCc1nnc(-c2ccccc2OC)o1. The number of hydrogen-bond donors (Lipinski definition) is 1. The van der Waals surface area contributed by atoms with E-state index < -0.39 is 0 Å². The molecule has 3 aromatic rings. The molecule has 7 nitrogen and oxygen atoms in total. The summed E-state index contributed by atoms with van der Waals surface area (Å²) in [5, 5.41) is 10.7. The zero-order valence-electron chi connectivity index (χ0n) is 13.9. The number of carbonyl (C=O) groups is 1. The predicted octanol–water partition coefficient (Wildman–Crippen LogP) is 2.68. The van der Waals surface area contributed by atoms with Crippen LogP contribution in [0.25, 0.3) is 11.5 Å². The quantitative estimate of drug-likeness (QED) is 0.743. The average Bonchev–Trinajstić information content (AvgIpc) is 3.14. The van der Waals surface area contributed by atoms with Gasteiger partial charge in [0.1, 0.15) is 11.5 Å². The molecule has 7 heteroatoms. The first-order chi connectivity index (χ1) is 12.2. The number of methoxy groups -OCH3 is 2. The molecule has 128 valence electrons. The summed E-state index contributed by atoms with van der Waals surface area (Å²) in [6, 6.07) is 14.3. The van der Waals surface area contributed by atoms with Gasteiger partial charge in [-0.25, -0.2) is 0 Å². The number of nitrogens with one attached hydrogen (secondary N) is 1. The van der Waals surface area contributed by atoms with Gasteiger partial charge in [0.25, 0.3) is 11.8 Å². The van der Waals surface area contributed by atoms with Gasteiger partial charge >= 0.3 is 0 Å². The van der Waals surface area contributed by atoms with Crippen molar-refractivity contribution in [2.75, 3.05) is 14.2 Å². The smallest absolute Gasteiger partial charge is 0.255 e. The van der Waals surface area contributed by atoms with Crippen molar-refractivity contribution in [2.24, 2.45) is 0 Å². The molecule has 1 N–H and O–H groups in total. The van der Waals surface area contributed by atoms with Crippen LogP contribution in [0.15, 0.2) is 52.9 Å². The second-order valence-corrected chi connectivity index (χ2v) is 5.08. The number of amides is 1. The van der Waals surface area contributed by atoms with Crippen LogP contribution in [0.4, 0.5) is 0 Å². The van der Waals surface area contributed by atoms with E-state index in [1.54, 1.807) is 31.4 Å². The average molecular weight is 339 g/mol. The van der Waals surface area contributed by atoms with Gasteiger partial charge in [-0.05, 0) is 24.3 Å². The standard InChI is InChI=1S/C18H17N3O4/c1-23-14-9-5-3-7-12(14)17(22)19-11-16-20-21-18(25-16)13-8-4-6-10-15(13)24-2/h3-10H,11H2,1-2H3,(H,19,22). The molecule has 2 aromatic carbocycles. The third-order valence-corrected chi connectivity index (χ3v) is 3.56. The molecule has 0 radical (unpaired) electrons. The molecule has 0 fully saturated rings. The van der Waals surface area contributed by atoms with Crippen molar-refractivity contribution in [3.8, 4) is 23.0 Å². The van der Waals surface area contributed by atoms with E-state index in [1.807, 2.05) is 24.3 Å². The van der Waals surface area contributed by atoms with Crippen LogP contribution in [0.5, 0.6) is 11.5 Å². The Kier molecular flexibility index (Phi) is 4.94. The zero-order chi connectivity index (χ0) is 17.6. The zero-order valence-corrected chi connectivity index (χ0v) is 13.9. The Bertz CT molecular complexity index is 876. The Hall–Kier alpha value is -3.35. The van der Waals surface area contributed by atoms with E-state index in [-0.39, 0.29) is 12.5 Å². The third kappa shape index (κ3) is 3.60. The normalized spacial score (nSPS) is 10.3.